The summed E-state index contributed by atoms with van der Waals surface area (Å²) in [6, 6.07) is 11.1. The molecular formula is C17H12N4O6. The number of ether oxygens (including phenoxy) is 1. The lowest BCUT2D eigenvalue weighted by Gasteiger charge is -2.09. The van der Waals surface area contributed by atoms with Crippen LogP contribution in [0.5, 0.6) is 5.75 Å². The number of benzene rings is 2. The number of amides is 1. The van der Waals surface area contributed by atoms with Crippen molar-refractivity contribution in [2.75, 3.05) is 11.9 Å². The maximum absolute atomic E-state index is 12.0. The van der Waals surface area contributed by atoms with Crippen LogP contribution in [0.3, 0.4) is 0 Å². The Morgan fingerprint density at radius 1 is 1.04 bits per heavy atom. The van der Waals surface area contributed by atoms with Crippen LogP contribution in [0.1, 0.15) is 0 Å². The normalized spacial score (nSPS) is 10.4. The Hall–Kier alpha value is -4.08. The third-order valence-corrected chi connectivity index (χ3v) is 3.63. The molecule has 0 fully saturated rings. The third kappa shape index (κ3) is 3.95. The molecule has 0 saturated carbocycles. The molecule has 0 aliphatic heterocycles. The fraction of sp³-hybridized carbons (Fsp3) is 0.0588. The van der Waals surface area contributed by atoms with Crippen molar-refractivity contribution in [3.05, 3.63) is 75.0 Å². The van der Waals surface area contributed by atoms with Crippen molar-refractivity contribution in [2.45, 2.75) is 0 Å². The minimum atomic E-state index is -0.540. The average molecular weight is 368 g/mol. The SMILES string of the molecule is O=C(COc1ccc([N+](=O)[O-])c2cccnc12)Nc1ccc([N+](=O)[O-])cc1. The number of pyridine rings is 1. The molecular weight excluding hydrogens is 356 g/mol. The third-order valence-electron chi connectivity index (χ3n) is 3.63. The Labute approximate surface area is 151 Å². The van der Waals surface area contributed by atoms with Crippen LogP contribution in [0.2, 0.25) is 0 Å². The molecule has 1 amide bonds. The maximum Gasteiger partial charge on any atom is 0.279 e. The van der Waals surface area contributed by atoms with Crippen LogP contribution in [0.4, 0.5) is 17.1 Å². The molecule has 27 heavy (non-hydrogen) atoms. The van der Waals surface area contributed by atoms with Gasteiger partial charge >= 0.3 is 0 Å². The fourth-order valence-electron chi connectivity index (χ4n) is 2.41. The first kappa shape index (κ1) is 17.7. The van der Waals surface area contributed by atoms with Gasteiger partial charge in [-0.05, 0) is 30.3 Å². The first-order valence-electron chi connectivity index (χ1n) is 7.65. The van der Waals surface area contributed by atoms with Gasteiger partial charge in [0.15, 0.2) is 6.61 Å². The number of hydrogen-bond donors (Lipinski definition) is 1. The Balaban J connectivity index is 1.71. The second kappa shape index (κ2) is 7.44. The molecule has 136 valence electrons. The van der Waals surface area contributed by atoms with Crippen molar-refractivity contribution in [1.29, 1.82) is 0 Å². The summed E-state index contributed by atoms with van der Waals surface area (Å²) in [7, 11) is 0. The molecule has 0 spiro atoms. The van der Waals surface area contributed by atoms with Crippen molar-refractivity contribution >= 4 is 33.9 Å². The van der Waals surface area contributed by atoms with E-state index in [4.69, 9.17) is 4.74 Å². The van der Waals surface area contributed by atoms with E-state index in [9.17, 15) is 25.0 Å². The molecule has 1 aromatic heterocycles. The number of carbonyl (C=O) groups is 1. The molecule has 3 aromatic rings. The van der Waals surface area contributed by atoms with Crippen LogP contribution in [0, 0.1) is 20.2 Å². The summed E-state index contributed by atoms with van der Waals surface area (Å²) in [6.07, 6.45) is 1.47. The number of fused-ring (bicyclic) bond motifs is 1. The molecule has 0 saturated heterocycles. The topological polar surface area (TPSA) is 138 Å². The minimum absolute atomic E-state index is 0.0901. The van der Waals surface area contributed by atoms with E-state index in [1.54, 1.807) is 12.1 Å². The highest BCUT2D eigenvalue weighted by molar-refractivity contribution is 5.94. The van der Waals surface area contributed by atoms with E-state index in [1.165, 1.54) is 42.6 Å². The summed E-state index contributed by atoms with van der Waals surface area (Å²) in [5, 5.41) is 24.6. The summed E-state index contributed by atoms with van der Waals surface area (Å²) < 4.78 is 5.44. The van der Waals surface area contributed by atoms with Crippen molar-refractivity contribution in [3.8, 4) is 5.75 Å². The van der Waals surface area contributed by atoms with E-state index >= 15 is 0 Å². The van der Waals surface area contributed by atoms with E-state index in [0.29, 0.717) is 11.1 Å². The summed E-state index contributed by atoms with van der Waals surface area (Å²) in [6.45, 7) is -0.361. The van der Waals surface area contributed by atoms with Crippen LogP contribution in [0.25, 0.3) is 10.9 Å². The number of nitro benzene ring substituents is 2. The highest BCUT2D eigenvalue weighted by Gasteiger charge is 2.16. The van der Waals surface area contributed by atoms with Crippen molar-refractivity contribution in [2.24, 2.45) is 0 Å². The van der Waals surface area contributed by atoms with Gasteiger partial charge in [-0.25, -0.2) is 0 Å². The Kier molecular flexibility index (Phi) is 4.88. The Morgan fingerprint density at radius 2 is 1.78 bits per heavy atom. The van der Waals surface area contributed by atoms with E-state index in [2.05, 4.69) is 10.3 Å². The molecule has 0 unspecified atom stereocenters. The lowest BCUT2D eigenvalue weighted by atomic mass is 10.1. The van der Waals surface area contributed by atoms with E-state index in [0.717, 1.165) is 0 Å². The molecule has 2 aromatic carbocycles. The molecule has 3 rings (SSSR count). The molecule has 10 nitrogen and oxygen atoms in total. The van der Waals surface area contributed by atoms with Gasteiger partial charge in [0, 0.05) is 30.1 Å². The van der Waals surface area contributed by atoms with Crippen molar-refractivity contribution < 1.29 is 19.4 Å². The van der Waals surface area contributed by atoms with Crippen LogP contribution < -0.4 is 10.1 Å². The fourth-order valence-corrected chi connectivity index (χ4v) is 2.41. The number of hydrogen-bond acceptors (Lipinski definition) is 7. The predicted octanol–water partition coefficient (Wildman–Crippen LogP) is 3.07. The summed E-state index contributed by atoms with van der Waals surface area (Å²) in [4.78, 5) is 36.8. The van der Waals surface area contributed by atoms with E-state index in [-0.39, 0.29) is 29.2 Å². The second-order valence-electron chi connectivity index (χ2n) is 5.38. The number of nitrogens with zero attached hydrogens (tertiary/aromatic N) is 3. The Morgan fingerprint density at radius 3 is 2.44 bits per heavy atom. The summed E-state index contributed by atoms with van der Waals surface area (Å²) in [5.41, 5.74) is 0.448. The summed E-state index contributed by atoms with van der Waals surface area (Å²) in [5.74, 6) is -0.263. The maximum atomic E-state index is 12.0. The van der Waals surface area contributed by atoms with Gasteiger partial charge in [0.1, 0.15) is 11.3 Å². The first-order chi connectivity index (χ1) is 13.0. The zero-order valence-electron chi connectivity index (χ0n) is 13.7. The molecule has 10 heteroatoms. The zero-order chi connectivity index (χ0) is 19.4. The Bertz CT molecular complexity index is 1040. The number of non-ortho nitro benzene ring substituents is 2. The standard InChI is InChI=1S/C17H12N4O6/c22-16(19-11-3-5-12(6-4-11)20(23)24)10-27-15-8-7-14(21(25)26)13-2-1-9-18-17(13)15/h1-9H,10H2,(H,19,22). The first-order valence-corrected chi connectivity index (χ1v) is 7.65. The lowest BCUT2D eigenvalue weighted by molar-refractivity contribution is -0.384. The van der Waals surface area contributed by atoms with Gasteiger partial charge in [-0.15, -0.1) is 0 Å². The van der Waals surface area contributed by atoms with Crippen LogP contribution in [-0.2, 0) is 4.79 Å². The quantitative estimate of drug-likeness (QED) is 0.521. The summed E-state index contributed by atoms with van der Waals surface area (Å²) >= 11 is 0. The van der Waals surface area contributed by atoms with Crippen LogP contribution in [-0.4, -0.2) is 27.3 Å². The molecule has 0 aliphatic rings. The predicted molar refractivity (Wildman–Crippen MR) is 95.6 cm³/mol. The number of anilines is 1. The van der Waals surface area contributed by atoms with Crippen LogP contribution in [0.15, 0.2) is 54.7 Å². The smallest absolute Gasteiger partial charge is 0.279 e. The number of nitro groups is 2. The van der Waals surface area contributed by atoms with Gasteiger partial charge in [-0.3, -0.25) is 30.0 Å². The van der Waals surface area contributed by atoms with E-state index < -0.39 is 15.8 Å². The minimum Gasteiger partial charge on any atom is -0.481 e. The van der Waals surface area contributed by atoms with Gasteiger partial charge in [0.25, 0.3) is 17.3 Å². The van der Waals surface area contributed by atoms with Gasteiger partial charge in [-0.1, -0.05) is 0 Å². The number of nitrogens with one attached hydrogen (secondary N) is 1. The molecule has 0 bridgehead atoms. The molecule has 0 aliphatic carbocycles. The molecule has 0 radical (unpaired) electrons. The highest BCUT2D eigenvalue weighted by Crippen LogP contribution is 2.31. The van der Waals surface area contributed by atoms with Crippen molar-refractivity contribution in [1.82, 2.24) is 4.98 Å². The average Bonchev–Trinajstić information content (AvgIpc) is 2.66. The molecule has 1 heterocycles. The monoisotopic (exact) mass is 368 g/mol. The number of rotatable bonds is 6. The molecule has 0 atom stereocenters. The van der Waals surface area contributed by atoms with Gasteiger partial charge in [0.2, 0.25) is 0 Å². The van der Waals surface area contributed by atoms with Gasteiger partial charge in [0.05, 0.1) is 15.2 Å². The second-order valence-corrected chi connectivity index (χ2v) is 5.38. The van der Waals surface area contributed by atoms with Gasteiger partial charge in [-0.2, -0.15) is 0 Å². The van der Waals surface area contributed by atoms with Gasteiger partial charge < -0.3 is 10.1 Å². The van der Waals surface area contributed by atoms with E-state index in [1.807, 2.05) is 0 Å². The van der Waals surface area contributed by atoms with Crippen molar-refractivity contribution in [3.63, 3.8) is 0 Å². The van der Waals surface area contributed by atoms with Crippen LogP contribution >= 0.6 is 0 Å². The largest absolute Gasteiger partial charge is 0.481 e. The highest BCUT2D eigenvalue weighted by atomic mass is 16.6. The molecule has 1 N–H and O–H groups in total. The number of aromatic nitrogens is 1. The number of carbonyl (C=O) groups excluding carboxylic acids is 1. The zero-order valence-corrected chi connectivity index (χ0v) is 13.7. The lowest BCUT2D eigenvalue weighted by Crippen LogP contribution is -2.20.